The SMILES string of the molecule is CCCO.OCCCCO. The number of aliphatic hydroxyl groups excluding tert-OH is 3. The molecule has 0 atom stereocenters. The topological polar surface area (TPSA) is 60.7 Å². The van der Waals surface area contributed by atoms with Crippen LogP contribution < -0.4 is 0 Å². The van der Waals surface area contributed by atoms with E-state index in [0.717, 1.165) is 19.3 Å². The van der Waals surface area contributed by atoms with Crippen molar-refractivity contribution in [2.75, 3.05) is 19.8 Å². The third-order valence-corrected chi connectivity index (χ3v) is 0.790. The first-order valence-corrected chi connectivity index (χ1v) is 3.66. The molecule has 0 saturated heterocycles. The van der Waals surface area contributed by atoms with Crippen LogP contribution in [0.4, 0.5) is 0 Å². The molecule has 64 valence electrons. The van der Waals surface area contributed by atoms with Crippen LogP contribution in [-0.2, 0) is 0 Å². The lowest BCUT2D eigenvalue weighted by atomic mass is 10.3. The quantitative estimate of drug-likeness (QED) is 0.499. The fourth-order valence-electron chi connectivity index (χ4n) is 0.224. The third kappa shape index (κ3) is 24.8. The van der Waals surface area contributed by atoms with E-state index < -0.39 is 0 Å². The highest BCUT2D eigenvalue weighted by Crippen LogP contribution is 1.80. The van der Waals surface area contributed by atoms with Crippen LogP contribution in [0, 0.1) is 0 Å². The van der Waals surface area contributed by atoms with Gasteiger partial charge in [0, 0.05) is 19.8 Å². The molecule has 10 heavy (non-hydrogen) atoms. The fourth-order valence-corrected chi connectivity index (χ4v) is 0.224. The number of hydrogen-bond donors (Lipinski definition) is 3. The minimum Gasteiger partial charge on any atom is -0.396 e. The van der Waals surface area contributed by atoms with Crippen LogP contribution >= 0.6 is 0 Å². The summed E-state index contributed by atoms with van der Waals surface area (Å²) in [5.41, 5.74) is 0. The highest BCUT2D eigenvalue weighted by Gasteiger charge is 1.77. The maximum absolute atomic E-state index is 8.09. The summed E-state index contributed by atoms with van der Waals surface area (Å²) in [6.45, 7) is 2.64. The first-order chi connectivity index (χ1) is 4.83. The van der Waals surface area contributed by atoms with Gasteiger partial charge in [0.2, 0.25) is 0 Å². The van der Waals surface area contributed by atoms with E-state index in [1.807, 2.05) is 6.92 Å². The van der Waals surface area contributed by atoms with Gasteiger partial charge in [-0.2, -0.15) is 0 Å². The normalized spacial score (nSPS) is 8.40. The van der Waals surface area contributed by atoms with Crippen molar-refractivity contribution in [3.8, 4) is 0 Å². The van der Waals surface area contributed by atoms with Crippen molar-refractivity contribution in [1.29, 1.82) is 0 Å². The Kier molecular flexibility index (Phi) is 20.0. The van der Waals surface area contributed by atoms with Gasteiger partial charge in [-0.15, -0.1) is 0 Å². The molecule has 0 amide bonds. The van der Waals surface area contributed by atoms with Crippen LogP contribution in [0.15, 0.2) is 0 Å². The number of hydrogen-bond acceptors (Lipinski definition) is 3. The second-order valence-corrected chi connectivity index (χ2v) is 1.88. The molecule has 3 nitrogen and oxygen atoms in total. The van der Waals surface area contributed by atoms with Gasteiger partial charge in [0.15, 0.2) is 0 Å². The molecule has 0 radical (unpaired) electrons. The Morgan fingerprint density at radius 1 is 0.800 bits per heavy atom. The van der Waals surface area contributed by atoms with Gasteiger partial charge in [0.25, 0.3) is 0 Å². The zero-order valence-electron chi connectivity index (χ0n) is 6.58. The second kappa shape index (κ2) is 15.9. The van der Waals surface area contributed by atoms with Gasteiger partial charge in [-0.1, -0.05) is 6.92 Å². The van der Waals surface area contributed by atoms with Crippen LogP contribution in [0.25, 0.3) is 0 Å². The standard InChI is InChI=1S/C4H10O2.C3H8O/c5-3-1-2-4-6;1-2-3-4/h5-6H,1-4H2;4H,2-3H2,1H3. The molecule has 3 N–H and O–H groups in total. The first-order valence-electron chi connectivity index (χ1n) is 3.66. The largest absolute Gasteiger partial charge is 0.396 e. The Labute approximate surface area is 62.3 Å². The van der Waals surface area contributed by atoms with Crippen molar-refractivity contribution in [3.63, 3.8) is 0 Å². The predicted octanol–water partition coefficient (Wildman–Crippen LogP) is 0.140. The molecule has 0 aliphatic carbocycles. The molecule has 0 fully saturated rings. The van der Waals surface area contributed by atoms with Crippen molar-refractivity contribution >= 4 is 0 Å². The lowest BCUT2D eigenvalue weighted by molar-refractivity contribution is 0.242. The Morgan fingerprint density at radius 2 is 1.10 bits per heavy atom. The molecular formula is C7H18O3. The Morgan fingerprint density at radius 3 is 1.20 bits per heavy atom. The molecule has 0 rings (SSSR count). The lowest BCUT2D eigenvalue weighted by Crippen LogP contribution is -1.85. The maximum atomic E-state index is 8.09. The van der Waals surface area contributed by atoms with Gasteiger partial charge < -0.3 is 15.3 Å². The zero-order valence-corrected chi connectivity index (χ0v) is 6.58. The van der Waals surface area contributed by atoms with Gasteiger partial charge in [-0.05, 0) is 19.3 Å². The molecule has 0 aromatic heterocycles. The number of rotatable bonds is 4. The van der Waals surface area contributed by atoms with E-state index in [1.165, 1.54) is 0 Å². The summed E-state index contributed by atoms with van der Waals surface area (Å²) in [6, 6.07) is 0. The molecule has 0 saturated carbocycles. The molecular weight excluding hydrogens is 132 g/mol. The molecule has 0 bridgehead atoms. The summed E-state index contributed by atoms with van der Waals surface area (Å²) < 4.78 is 0. The van der Waals surface area contributed by atoms with E-state index in [9.17, 15) is 0 Å². The van der Waals surface area contributed by atoms with E-state index in [4.69, 9.17) is 15.3 Å². The summed E-state index contributed by atoms with van der Waals surface area (Å²) in [5.74, 6) is 0. The Balaban J connectivity index is 0. The van der Waals surface area contributed by atoms with Gasteiger partial charge in [0.05, 0.1) is 0 Å². The van der Waals surface area contributed by atoms with Gasteiger partial charge in [-0.25, -0.2) is 0 Å². The van der Waals surface area contributed by atoms with E-state index >= 15 is 0 Å². The average molecular weight is 150 g/mol. The highest BCUT2D eigenvalue weighted by atomic mass is 16.3. The monoisotopic (exact) mass is 150 g/mol. The third-order valence-electron chi connectivity index (χ3n) is 0.790. The molecule has 0 heterocycles. The van der Waals surface area contributed by atoms with Crippen molar-refractivity contribution in [2.45, 2.75) is 26.2 Å². The van der Waals surface area contributed by atoms with Crippen LogP contribution in [-0.4, -0.2) is 35.1 Å². The van der Waals surface area contributed by atoms with E-state index in [-0.39, 0.29) is 13.2 Å². The fraction of sp³-hybridized carbons (Fsp3) is 1.00. The molecule has 0 aliphatic rings. The summed E-state index contributed by atoms with van der Waals surface area (Å²) in [6.07, 6.45) is 2.31. The molecule has 3 heteroatoms. The summed E-state index contributed by atoms with van der Waals surface area (Å²) >= 11 is 0. The summed E-state index contributed by atoms with van der Waals surface area (Å²) in [4.78, 5) is 0. The molecule has 0 unspecified atom stereocenters. The van der Waals surface area contributed by atoms with Crippen LogP contribution in [0.2, 0.25) is 0 Å². The van der Waals surface area contributed by atoms with E-state index in [1.54, 1.807) is 0 Å². The van der Waals surface area contributed by atoms with Crippen molar-refractivity contribution in [1.82, 2.24) is 0 Å². The maximum Gasteiger partial charge on any atom is 0.0431 e. The van der Waals surface area contributed by atoms with Gasteiger partial charge in [-0.3, -0.25) is 0 Å². The molecule has 0 spiro atoms. The lowest BCUT2D eigenvalue weighted by Gasteiger charge is -1.85. The minimum atomic E-state index is 0.195. The van der Waals surface area contributed by atoms with Crippen LogP contribution in [0.3, 0.4) is 0 Å². The van der Waals surface area contributed by atoms with Crippen molar-refractivity contribution in [2.24, 2.45) is 0 Å². The minimum absolute atomic E-state index is 0.195. The van der Waals surface area contributed by atoms with Crippen LogP contribution in [0.1, 0.15) is 26.2 Å². The van der Waals surface area contributed by atoms with E-state index in [2.05, 4.69) is 0 Å². The smallest absolute Gasteiger partial charge is 0.0431 e. The van der Waals surface area contributed by atoms with Crippen molar-refractivity contribution < 1.29 is 15.3 Å². The molecule has 0 aromatic carbocycles. The van der Waals surface area contributed by atoms with Crippen LogP contribution in [0.5, 0.6) is 0 Å². The van der Waals surface area contributed by atoms with Gasteiger partial charge >= 0.3 is 0 Å². The zero-order chi connectivity index (χ0) is 8.24. The van der Waals surface area contributed by atoms with Gasteiger partial charge in [0.1, 0.15) is 0 Å². The average Bonchev–Trinajstić information content (AvgIpc) is 2.01. The number of aliphatic hydroxyl groups is 3. The number of unbranched alkanes of at least 4 members (excludes halogenated alkanes) is 1. The Bertz CT molecular complexity index is 33.8. The van der Waals surface area contributed by atoms with Crippen molar-refractivity contribution in [3.05, 3.63) is 0 Å². The second-order valence-electron chi connectivity index (χ2n) is 1.88. The summed E-state index contributed by atoms with van der Waals surface area (Å²) in [5, 5.41) is 24.0. The molecule has 0 aromatic rings. The first kappa shape index (κ1) is 12.5. The van der Waals surface area contributed by atoms with E-state index in [0.29, 0.717) is 6.61 Å². The Hall–Kier alpha value is -0.120. The summed E-state index contributed by atoms with van der Waals surface area (Å²) in [7, 11) is 0. The molecule has 0 aliphatic heterocycles. The predicted molar refractivity (Wildman–Crippen MR) is 40.8 cm³/mol. The highest BCUT2D eigenvalue weighted by molar-refractivity contribution is 4.30.